The molecule has 0 aliphatic carbocycles. The van der Waals surface area contributed by atoms with Crippen molar-refractivity contribution in [3.63, 3.8) is 0 Å². The average molecular weight is 405 g/mol. The van der Waals surface area contributed by atoms with Gasteiger partial charge in [0.25, 0.3) is 0 Å². The molecule has 144 valence electrons. The third-order valence-electron chi connectivity index (χ3n) is 5.15. The fraction of sp³-hybridized carbons (Fsp3) is 0.409. The summed E-state index contributed by atoms with van der Waals surface area (Å²) in [6, 6.07) is 16.5. The molecule has 1 aliphatic heterocycles. The summed E-state index contributed by atoms with van der Waals surface area (Å²) in [5.41, 5.74) is 2.48. The number of carbonyl (C=O) groups excluding carboxylic acids is 1. The van der Waals surface area contributed by atoms with Gasteiger partial charge in [0.05, 0.1) is 6.04 Å². The zero-order valence-electron chi connectivity index (χ0n) is 15.7. The van der Waals surface area contributed by atoms with Gasteiger partial charge in [0, 0.05) is 42.6 Å². The number of Topliss-reactive ketones (excluding diaryl/α,β-unsaturated/α-hetero) is 1. The van der Waals surface area contributed by atoms with Crippen LogP contribution in [0.25, 0.3) is 0 Å². The van der Waals surface area contributed by atoms with Gasteiger partial charge in [-0.15, -0.1) is 0 Å². The Kier molecular flexibility index (Phi) is 7.31. The maximum Gasteiger partial charge on any atom is 0.129 e. The van der Waals surface area contributed by atoms with Crippen LogP contribution in [0.1, 0.15) is 36.9 Å². The first-order chi connectivity index (χ1) is 13.0. The van der Waals surface area contributed by atoms with Crippen LogP contribution in [0.4, 0.5) is 0 Å². The van der Waals surface area contributed by atoms with Crippen LogP contribution >= 0.6 is 23.2 Å². The first kappa shape index (κ1) is 20.3. The highest BCUT2D eigenvalue weighted by molar-refractivity contribution is 6.30. The summed E-state index contributed by atoms with van der Waals surface area (Å²) in [5.74, 6) is 0.277. The first-order valence-electron chi connectivity index (χ1n) is 9.50. The lowest BCUT2D eigenvalue weighted by Gasteiger charge is -2.40. The summed E-state index contributed by atoms with van der Waals surface area (Å²) in [7, 11) is 0. The molecule has 0 aromatic heterocycles. The molecule has 3 rings (SSSR count). The Morgan fingerprint density at radius 2 is 1.37 bits per heavy atom. The lowest BCUT2D eigenvalue weighted by atomic mass is 9.96. The molecule has 0 spiro atoms. The number of carbonyl (C=O) groups is 1. The van der Waals surface area contributed by atoms with E-state index in [-0.39, 0.29) is 11.8 Å². The molecule has 1 fully saturated rings. The fourth-order valence-corrected chi connectivity index (χ4v) is 3.95. The van der Waals surface area contributed by atoms with Crippen LogP contribution in [0.2, 0.25) is 10.0 Å². The molecule has 0 saturated carbocycles. The molecule has 3 nitrogen and oxygen atoms in total. The van der Waals surface area contributed by atoms with E-state index in [1.165, 1.54) is 11.1 Å². The van der Waals surface area contributed by atoms with Crippen molar-refractivity contribution in [1.82, 2.24) is 9.80 Å². The van der Waals surface area contributed by atoms with E-state index in [0.29, 0.717) is 6.42 Å². The summed E-state index contributed by atoms with van der Waals surface area (Å²) >= 11 is 12.2. The molecule has 5 heteroatoms. The van der Waals surface area contributed by atoms with Crippen molar-refractivity contribution in [2.45, 2.75) is 25.8 Å². The van der Waals surface area contributed by atoms with Crippen molar-refractivity contribution in [1.29, 1.82) is 0 Å². The summed E-state index contributed by atoms with van der Waals surface area (Å²) in [4.78, 5) is 16.1. The minimum absolute atomic E-state index is 0.193. The largest absolute Gasteiger partial charge is 0.301 e. The number of halogens is 2. The number of piperazine rings is 1. The second-order valence-electron chi connectivity index (χ2n) is 7.19. The number of nitrogens with zero attached hydrogens (tertiary/aromatic N) is 2. The van der Waals surface area contributed by atoms with Gasteiger partial charge in [-0.2, -0.15) is 0 Å². The van der Waals surface area contributed by atoms with Gasteiger partial charge in [-0.1, -0.05) is 47.5 Å². The van der Waals surface area contributed by atoms with Gasteiger partial charge in [-0.05, 0) is 55.3 Å². The third kappa shape index (κ3) is 5.79. The summed E-state index contributed by atoms with van der Waals surface area (Å²) in [6.45, 7) is 6.71. The zero-order valence-corrected chi connectivity index (χ0v) is 17.2. The molecule has 27 heavy (non-hydrogen) atoms. The minimum atomic E-state index is 0.193. The van der Waals surface area contributed by atoms with Crippen molar-refractivity contribution < 1.29 is 4.79 Å². The lowest BCUT2D eigenvalue weighted by molar-refractivity contribution is -0.117. The van der Waals surface area contributed by atoms with E-state index >= 15 is 0 Å². The molecule has 0 radical (unpaired) electrons. The smallest absolute Gasteiger partial charge is 0.129 e. The fourth-order valence-electron chi connectivity index (χ4n) is 3.70. The van der Waals surface area contributed by atoms with E-state index in [2.05, 4.69) is 34.1 Å². The van der Waals surface area contributed by atoms with E-state index in [4.69, 9.17) is 23.2 Å². The number of rotatable bonds is 7. The summed E-state index contributed by atoms with van der Waals surface area (Å²) in [5, 5.41) is 1.51. The van der Waals surface area contributed by atoms with E-state index in [9.17, 15) is 4.79 Å². The van der Waals surface area contributed by atoms with Gasteiger partial charge < -0.3 is 9.69 Å². The monoisotopic (exact) mass is 404 g/mol. The van der Waals surface area contributed by atoms with Gasteiger partial charge in [0.15, 0.2) is 0 Å². The molecule has 0 N–H and O–H groups in total. The van der Waals surface area contributed by atoms with Crippen molar-refractivity contribution in [2.24, 2.45) is 0 Å². The molecule has 0 unspecified atom stereocenters. The maximum atomic E-state index is 11.1. The average Bonchev–Trinajstić information content (AvgIpc) is 2.66. The van der Waals surface area contributed by atoms with Crippen LogP contribution in [0.15, 0.2) is 48.5 Å². The van der Waals surface area contributed by atoms with Crippen molar-refractivity contribution >= 4 is 29.0 Å². The number of hydrogen-bond donors (Lipinski definition) is 0. The zero-order chi connectivity index (χ0) is 19.2. The molecular formula is C22H26Cl2N2O. The predicted octanol–water partition coefficient (Wildman–Crippen LogP) is 5.07. The number of ketones is 1. The molecule has 0 amide bonds. The molecule has 2 aromatic rings. The van der Waals surface area contributed by atoms with E-state index < -0.39 is 0 Å². The highest BCUT2D eigenvalue weighted by atomic mass is 35.5. The Balaban J connectivity index is 1.71. The first-order valence-corrected chi connectivity index (χ1v) is 10.3. The van der Waals surface area contributed by atoms with Crippen LogP contribution in [0.5, 0.6) is 0 Å². The maximum absolute atomic E-state index is 11.1. The molecule has 1 aliphatic rings. The van der Waals surface area contributed by atoms with Crippen LogP contribution in [0, 0.1) is 0 Å². The van der Waals surface area contributed by atoms with Gasteiger partial charge in [0.1, 0.15) is 5.78 Å². The van der Waals surface area contributed by atoms with Gasteiger partial charge >= 0.3 is 0 Å². The summed E-state index contributed by atoms with van der Waals surface area (Å²) in [6.07, 6.45) is 1.63. The Morgan fingerprint density at radius 1 is 0.889 bits per heavy atom. The molecule has 0 bridgehead atoms. The number of benzene rings is 2. The molecular weight excluding hydrogens is 379 g/mol. The standard InChI is InChI=1S/C22H26Cl2N2O/c1-17(27)3-2-12-25-13-15-26(16-14-25)22(18-4-8-20(23)9-5-18)19-6-10-21(24)11-7-19/h4-11,22H,2-3,12-16H2,1H3. The van der Waals surface area contributed by atoms with E-state index in [0.717, 1.165) is 49.2 Å². The third-order valence-corrected chi connectivity index (χ3v) is 5.65. The Hall–Kier alpha value is -1.39. The normalized spacial score (nSPS) is 16.0. The minimum Gasteiger partial charge on any atom is -0.301 e. The number of hydrogen-bond acceptors (Lipinski definition) is 3. The Morgan fingerprint density at radius 3 is 1.81 bits per heavy atom. The van der Waals surface area contributed by atoms with Crippen LogP contribution in [0.3, 0.4) is 0 Å². The molecule has 0 atom stereocenters. The van der Waals surface area contributed by atoms with Gasteiger partial charge in [0.2, 0.25) is 0 Å². The second-order valence-corrected chi connectivity index (χ2v) is 8.06. The van der Waals surface area contributed by atoms with Crippen LogP contribution in [-0.4, -0.2) is 48.3 Å². The predicted molar refractivity (Wildman–Crippen MR) is 113 cm³/mol. The quantitative estimate of drug-likeness (QED) is 0.643. The Labute approximate surface area is 171 Å². The topological polar surface area (TPSA) is 23.6 Å². The van der Waals surface area contributed by atoms with Crippen molar-refractivity contribution in [3.8, 4) is 0 Å². The Bertz CT molecular complexity index is 692. The lowest BCUT2D eigenvalue weighted by Crippen LogP contribution is -2.48. The molecule has 2 aromatic carbocycles. The van der Waals surface area contributed by atoms with Crippen LogP contribution < -0.4 is 0 Å². The molecule has 1 heterocycles. The highest BCUT2D eigenvalue weighted by Crippen LogP contribution is 2.31. The molecule has 1 saturated heterocycles. The highest BCUT2D eigenvalue weighted by Gasteiger charge is 2.26. The van der Waals surface area contributed by atoms with Crippen LogP contribution in [-0.2, 0) is 4.79 Å². The SMILES string of the molecule is CC(=O)CCCN1CCN(C(c2ccc(Cl)cc2)c2ccc(Cl)cc2)CC1. The van der Waals surface area contributed by atoms with Gasteiger partial charge in [-0.25, -0.2) is 0 Å². The van der Waals surface area contributed by atoms with Gasteiger partial charge in [-0.3, -0.25) is 4.90 Å². The second kappa shape index (κ2) is 9.70. The van der Waals surface area contributed by atoms with E-state index in [1.807, 2.05) is 24.3 Å². The van der Waals surface area contributed by atoms with E-state index in [1.54, 1.807) is 6.92 Å². The summed E-state index contributed by atoms with van der Waals surface area (Å²) < 4.78 is 0. The van der Waals surface area contributed by atoms with Crippen molar-refractivity contribution in [3.05, 3.63) is 69.7 Å². The van der Waals surface area contributed by atoms with Crippen molar-refractivity contribution in [2.75, 3.05) is 32.7 Å².